The topological polar surface area (TPSA) is 0 Å². The average molecular weight is 385 g/mol. The second-order valence-electron chi connectivity index (χ2n) is 7.55. The molecule has 0 bridgehead atoms. The molecule has 0 heterocycles. The Morgan fingerprint density at radius 3 is 2.24 bits per heavy atom. The summed E-state index contributed by atoms with van der Waals surface area (Å²) in [5, 5.41) is 0. The molecule has 0 aliphatic heterocycles. The smallest absolute Gasteiger partial charge is 0.127 e. The highest BCUT2D eigenvalue weighted by atomic mass is 19.1. The number of halogens is 1. The van der Waals surface area contributed by atoms with Crippen molar-refractivity contribution < 1.29 is 4.39 Å². The molecule has 3 aromatic carbocycles. The summed E-state index contributed by atoms with van der Waals surface area (Å²) in [6, 6.07) is 24.8. The number of hydrogen-bond acceptors (Lipinski definition) is 0. The predicted molar refractivity (Wildman–Crippen MR) is 123 cm³/mol. The second kappa shape index (κ2) is 10.6. The number of allylic oxidation sites excluding steroid dienone is 2. The molecular formula is C28H29F. The van der Waals surface area contributed by atoms with Gasteiger partial charge in [0.2, 0.25) is 0 Å². The Labute approximate surface area is 174 Å². The van der Waals surface area contributed by atoms with Gasteiger partial charge in [-0.2, -0.15) is 0 Å². The molecule has 0 nitrogen and oxygen atoms in total. The molecule has 3 aromatic rings. The molecule has 1 heteroatoms. The number of rotatable bonds is 8. The van der Waals surface area contributed by atoms with Gasteiger partial charge in [0, 0.05) is 0 Å². The first-order chi connectivity index (χ1) is 14.2. The molecular weight excluding hydrogens is 355 g/mol. The summed E-state index contributed by atoms with van der Waals surface area (Å²) in [6.07, 6.45) is 10.7. The third-order valence-corrected chi connectivity index (χ3v) is 5.25. The van der Waals surface area contributed by atoms with Crippen LogP contribution in [0.3, 0.4) is 0 Å². The standard InChI is InChI=1S/C28H29F/c1-3-4-6-11-27-19-18-25(21-28(27)29)17-14-23-12-15-24(16-13-23)20-22(2)26-9-7-5-8-10-26/h3-5,7-10,12-19,21-22H,6,11,20H2,1-2H3/t22-/m1/s1. The first-order valence-electron chi connectivity index (χ1n) is 10.4. The van der Waals surface area contributed by atoms with E-state index in [9.17, 15) is 4.39 Å². The molecule has 0 saturated carbocycles. The maximum atomic E-state index is 14.3. The summed E-state index contributed by atoms with van der Waals surface area (Å²) in [5.41, 5.74) is 5.48. The van der Waals surface area contributed by atoms with Gasteiger partial charge in [-0.25, -0.2) is 4.39 Å². The Bertz CT molecular complexity index is 949. The summed E-state index contributed by atoms with van der Waals surface area (Å²) in [7, 11) is 0. The molecule has 0 radical (unpaired) electrons. The zero-order valence-electron chi connectivity index (χ0n) is 17.3. The Morgan fingerprint density at radius 1 is 0.862 bits per heavy atom. The normalized spacial score (nSPS) is 12.7. The van der Waals surface area contributed by atoms with Crippen molar-refractivity contribution >= 4 is 12.2 Å². The highest BCUT2D eigenvalue weighted by Crippen LogP contribution is 2.21. The minimum absolute atomic E-state index is 0.123. The van der Waals surface area contributed by atoms with Crippen molar-refractivity contribution in [2.75, 3.05) is 0 Å². The molecule has 1 atom stereocenters. The third-order valence-electron chi connectivity index (χ3n) is 5.25. The Balaban J connectivity index is 1.60. The van der Waals surface area contributed by atoms with Crippen molar-refractivity contribution in [2.24, 2.45) is 0 Å². The largest absolute Gasteiger partial charge is 0.207 e. The quantitative estimate of drug-likeness (QED) is 0.274. The maximum absolute atomic E-state index is 14.3. The van der Waals surface area contributed by atoms with E-state index < -0.39 is 0 Å². The second-order valence-corrected chi connectivity index (χ2v) is 7.55. The maximum Gasteiger partial charge on any atom is 0.127 e. The Hall–Kier alpha value is -2.93. The summed E-state index contributed by atoms with van der Waals surface area (Å²) >= 11 is 0. The van der Waals surface area contributed by atoms with Gasteiger partial charge in [0.05, 0.1) is 0 Å². The first kappa shape index (κ1) is 20.8. The molecule has 0 amide bonds. The van der Waals surface area contributed by atoms with Crippen molar-refractivity contribution in [3.05, 3.63) is 119 Å². The fourth-order valence-corrected chi connectivity index (χ4v) is 3.49. The lowest BCUT2D eigenvalue weighted by atomic mass is 9.93. The van der Waals surface area contributed by atoms with Crippen LogP contribution in [0.4, 0.5) is 4.39 Å². The van der Waals surface area contributed by atoms with Crippen LogP contribution < -0.4 is 0 Å². The van der Waals surface area contributed by atoms with Crippen LogP contribution in [0, 0.1) is 5.82 Å². The number of hydrogen-bond donors (Lipinski definition) is 0. The van der Waals surface area contributed by atoms with Crippen LogP contribution >= 0.6 is 0 Å². The van der Waals surface area contributed by atoms with Gasteiger partial charge in [-0.05, 0) is 66.0 Å². The fourth-order valence-electron chi connectivity index (χ4n) is 3.49. The van der Waals surface area contributed by atoms with Gasteiger partial charge in [0.25, 0.3) is 0 Å². The first-order valence-corrected chi connectivity index (χ1v) is 10.4. The lowest BCUT2D eigenvalue weighted by molar-refractivity contribution is 0.609. The minimum atomic E-state index is -0.123. The van der Waals surface area contributed by atoms with Gasteiger partial charge in [0.15, 0.2) is 0 Å². The van der Waals surface area contributed by atoms with Gasteiger partial charge >= 0.3 is 0 Å². The molecule has 0 N–H and O–H groups in total. The summed E-state index contributed by atoms with van der Waals surface area (Å²) < 4.78 is 14.3. The van der Waals surface area contributed by atoms with E-state index in [1.54, 1.807) is 6.07 Å². The number of aryl methyl sites for hydroxylation is 1. The van der Waals surface area contributed by atoms with Gasteiger partial charge in [0.1, 0.15) is 5.82 Å². The highest BCUT2D eigenvalue weighted by Gasteiger charge is 2.06. The Morgan fingerprint density at radius 2 is 1.55 bits per heavy atom. The van der Waals surface area contributed by atoms with E-state index in [1.807, 2.05) is 37.3 Å². The molecule has 0 aromatic heterocycles. The van der Waals surface area contributed by atoms with E-state index in [4.69, 9.17) is 0 Å². The third kappa shape index (κ3) is 6.29. The monoisotopic (exact) mass is 384 g/mol. The van der Waals surface area contributed by atoms with Gasteiger partial charge < -0.3 is 0 Å². The van der Waals surface area contributed by atoms with Gasteiger partial charge in [-0.3, -0.25) is 0 Å². The van der Waals surface area contributed by atoms with Crippen LogP contribution in [0.5, 0.6) is 0 Å². The molecule has 0 aliphatic carbocycles. The predicted octanol–water partition coefficient (Wildman–Crippen LogP) is 7.85. The molecule has 3 rings (SSSR count). The Kier molecular flexibility index (Phi) is 7.58. The van der Waals surface area contributed by atoms with Crippen LogP contribution in [-0.4, -0.2) is 0 Å². The van der Waals surface area contributed by atoms with E-state index in [0.29, 0.717) is 5.92 Å². The van der Waals surface area contributed by atoms with Crippen LogP contribution in [0.2, 0.25) is 0 Å². The zero-order valence-corrected chi connectivity index (χ0v) is 17.3. The van der Waals surface area contributed by atoms with Crippen molar-refractivity contribution in [3.8, 4) is 0 Å². The minimum Gasteiger partial charge on any atom is -0.207 e. The zero-order chi connectivity index (χ0) is 20.5. The molecule has 0 aliphatic rings. The van der Waals surface area contributed by atoms with Gasteiger partial charge in [-0.15, -0.1) is 0 Å². The average Bonchev–Trinajstić information content (AvgIpc) is 2.75. The van der Waals surface area contributed by atoms with Crippen LogP contribution in [0.25, 0.3) is 12.2 Å². The van der Waals surface area contributed by atoms with E-state index in [-0.39, 0.29) is 5.82 Å². The SMILES string of the molecule is CC=CCCc1ccc(C=Cc2ccc(C[C@@H](C)c3ccccc3)cc2)cc1F. The number of benzene rings is 3. The molecule has 0 unspecified atom stereocenters. The molecule has 0 spiro atoms. The van der Waals surface area contributed by atoms with Crippen molar-refractivity contribution in [1.82, 2.24) is 0 Å². The van der Waals surface area contributed by atoms with Gasteiger partial charge in [-0.1, -0.05) is 98.0 Å². The van der Waals surface area contributed by atoms with E-state index >= 15 is 0 Å². The lowest BCUT2D eigenvalue weighted by Crippen LogP contribution is -1.98. The fraction of sp³-hybridized carbons (Fsp3) is 0.214. The molecule has 0 saturated heterocycles. The van der Waals surface area contributed by atoms with E-state index in [0.717, 1.165) is 36.0 Å². The van der Waals surface area contributed by atoms with Crippen molar-refractivity contribution in [1.29, 1.82) is 0 Å². The van der Waals surface area contributed by atoms with E-state index in [2.05, 4.69) is 67.6 Å². The van der Waals surface area contributed by atoms with Crippen molar-refractivity contribution in [2.45, 2.75) is 39.0 Å². The van der Waals surface area contributed by atoms with Crippen LogP contribution in [-0.2, 0) is 12.8 Å². The summed E-state index contributed by atoms with van der Waals surface area (Å²) in [5.74, 6) is 0.369. The molecule has 0 fully saturated rings. The van der Waals surface area contributed by atoms with Crippen LogP contribution in [0.1, 0.15) is 54.0 Å². The molecule has 148 valence electrons. The molecule has 29 heavy (non-hydrogen) atoms. The summed E-state index contributed by atoms with van der Waals surface area (Å²) in [6.45, 7) is 4.25. The summed E-state index contributed by atoms with van der Waals surface area (Å²) in [4.78, 5) is 0. The van der Waals surface area contributed by atoms with Crippen molar-refractivity contribution in [3.63, 3.8) is 0 Å². The van der Waals surface area contributed by atoms with E-state index in [1.165, 1.54) is 11.1 Å². The van der Waals surface area contributed by atoms with Crippen LogP contribution in [0.15, 0.2) is 84.9 Å². The highest BCUT2D eigenvalue weighted by molar-refractivity contribution is 5.69. The lowest BCUT2D eigenvalue weighted by Gasteiger charge is -2.12.